The van der Waals surface area contributed by atoms with Crippen LogP contribution in [0.5, 0.6) is 5.75 Å². The summed E-state index contributed by atoms with van der Waals surface area (Å²) in [5.41, 5.74) is 13.4. The first kappa shape index (κ1) is 12.3. The zero-order valence-electron chi connectivity index (χ0n) is 9.09. The van der Waals surface area contributed by atoms with Gasteiger partial charge in [0.2, 0.25) is 0 Å². The van der Waals surface area contributed by atoms with Gasteiger partial charge in [0.25, 0.3) is 0 Å². The third kappa shape index (κ3) is 2.62. The molecule has 15 heavy (non-hydrogen) atoms. The zero-order valence-corrected chi connectivity index (χ0v) is 9.84. The Kier molecular flexibility index (Phi) is 4.39. The van der Waals surface area contributed by atoms with Gasteiger partial charge in [-0.3, -0.25) is 0 Å². The van der Waals surface area contributed by atoms with Crippen LogP contribution in [0.4, 0.5) is 0 Å². The number of benzene rings is 1. The molecule has 1 unspecified atom stereocenters. The minimum absolute atomic E-state index is 0.168. The summed E-state index contributed by atoms with van der Waals surface area (Å²) in [6.45, 7) is 2.46. The van der Waals surface area contributed by atoms with E-state index >= 15 is 0 Å². The fourth-order valence-corrected chi connectivity index (χ4v) is 1.84. The van der Waals surface area contributed by atoms with Gasteiger partial charge in [0.1, 0.15) is 5.75 Å². The number of methoxy groups -OCH3 is 1. The van der Waals surface area contributed by atoms with Crippen LogP contribution in [0.3, 0.4) is 0 Å². The summed E-state index contributed by atoms with van der Waals surface area (Å²) in [5.74, 6) is 0.729. The standard InChI is InChI=1S/C11H17ClN2O/c1-3-7-4-8(10(14)6-13)5-9(12)11(7)15-2/h4-5,10H,3,6,13-14H2,1-2H3. The molecule has 0 amide bonds. The smallest absolute Gasteiger partial charge is 0.140 e. The van der Waals surface area contributed by atoms with Crippen molar-refractivity contribution in [3.63, 3.8) is 0 Å². The average molecular weight is 229 g/mol. The van der Waals surface area contributed by atoms with Crippen molar-refractivity contribution in [1.29, 1.82) is 0 Å². The number of aryl methyl sites for hydroxylation is 1. The van der Waals surface area contributed by atoms with Crippen molar-refractivity contribution in [3.8, 4) is 5.75 Å². The summed E-state index contributed by atoms with van der Waals surface area (Å²) in [6, 6.07) is 3.65. The number of hydrogen-bond donors (Lipinski definition) is 2. The predicted octanol–water partition coefficient (Wildman–Crippen LogP) is 1.87. The van der Waals surface area contributed by atoms with Crippen LogP contribution in [0.1, 0.15) is 24.1 Å². The predicted molar refractivity (Wildman–Crippen MR) is 63.4 cm³/mol. The molecule has 4 heteroatoms. The van der Waals surface area contributed by atoms with E-state index in [1.807, 2.05) is 19.1 Å². The van der Waals surface area contributed by atoms with Crippen molar-refractivity contribution in [2.24, 2.45) is 11.5 Å². The Hall–Kier alpha value is -0.770. The van der Waals surface area contributed by atoms with Crippen molar-refractivity contribution in [2.75, 3.05) is 13.7 Å². The van der Waals surface area contributed by atoms with E-state index in [1.54, 1.807) is 7.11 Å². The lowest BCUT2D eigenvalue weighted by atomic mass is 10.0. The minimum atomic E-state index is -0.168. The number of ether oxygens (including phenoxy) is 1. The van der Waals surface area contributed by atoms with E-state index in [1.165, 1.54) is 0 Å². The Morgan fingerprint density at radius 1 is 1.47 bits per heavy atom. The quantitative estimate of drug-likeness (QED) is 0.827. The molecule has 0 spiro atoms. The van der Waals surface area contributed by atoms with Crippen molar-refractivity contribution in [2.45, 2.75) is 19.4 Å². The van der Waals surface area contributed by atoms with Gasteiger partial charge in [-0.1, -0.05) is 24.6 Å². The molecule has 0 fully saturated rings. The fourth-order valence-electron chi connectivity index (χ4n) is 1.52. The molecule has 0 radical (unpaired) electrons. The maximum absolute atomic E-state index is 6.09. The topological polar surface area (TPSA) is 61.3 Å². The third-order valence-corrected chi connectivity index (χ3v) is 2.69. The summed E-state index contributed by atoms with van der Waals surface area (Å²) in [6.07, 6.45) is 0.855. The highest BCUT2D eigenvalue weighted by molar-refractivity contribution is 6.32. The van der Waals surface area contributed by atoms with Gasteiger partial charge in [-0.2, -0.15) is 0 Å². The molecule has 0 saturated carbocycles. The normalized spacial score (nSPS) is 12.6. The van der Waals surface area contributed by atoms with Gasteiger partial charge in [0, 0.05) is 12.6 Å². The summed E-state index contributed by atoms with van der Waals surface area (Å²) >= 11 is 6.09. The highest BCUT2D eigenvalue weighted by atomic mass is 35.5. The first-order valence-corrected chi connectivity index (χ1v) is 5.33. The van der Waals surface area contributed by atoms with Crippen LogP contribution in [-0.2, 0) is 6.42 Å². The Morgan fingerprint density at radius 3 is 2.60 bits per heavy atom. The van der Waals surface area contributed by atoms with Gasteiger partial charge in [-0.15, -0.1) is 0 Å². The largest absolute Gasteiger partial charge is 0.495 e. The Balaban J connectivity index is 3.19. The molecule has 0 aromatic heterocycles. The second-order valence-electron chi connectivity index (χ2n) is 3.39. The van der Waals surface area contributed by atoms with Crippen LogP contribution in [0.25, 0.3) is 0 Å². The molecule has 1 atom stereocenters. The monoisotopic (exact) mass is 228 g/mol. The Morgan fingerprint density at radius 2 is 2.13 bits per heavy atom. The molecule has 1 rings (SSSR count). The molecule has 0 aliphatic heterocycles. The first-order valence-electron chi connectivity index (χ1n) is 4.96. The first-order chi connectivity index (χ1) is 7.13. The SMILES string of the molecule is CCc1cc(C(N)CN)cc(Cl)c1OC. The van der Waals surface area contributed by atoms with E-state index < -0.39 is 0 Å². The van der Waals surface area contributed by atoms with Crippen molar-refractivity contribution >= 4 is 11.6 Å². The number of halogens is 1. The lowest BCUT2D eigenvalue weighted by molar-refractivity contribution is 0.410. The summed E-state index contributed by atoms with van der Waals surface area (Å²) in [7, 11) is 1.61. The third-order valence-electron chi connectivity index (χ3n) is 2.41. The second-order valence-corrected chi connectivity index (χ2v) is 3.80. The van der Waals surface area contributed by atoms with Gasteiger partial charge in [0.15, 0.2) is 0 Å². The zero-order chi connectivity index (χ0) is 11.4. The Bertz CT molecular complexity index is 342. The van der Waals surface area contributed by atoms with Crippen LogP contribution in [0, 0.1) is 0 Å². The second kappa shape index (κ2) is 5.35. The highest BCUT2D eigenvalue weighted by Gasteiger charge is 2.12. The van der Waals surface area contributed by atoms with Gasteiger partial charge in [-0.05, 0) is 23.6 Å². The maximum atomic E-state index is 6.09. The van der Waals surface area contributed by atoms with E-state index in [2.05, 4.69) is 0 Å². The van der Waals surface area contributed by atoms with Crippen LogP contribution in [0.2, 0.25) is 5.02 Å². The number of rotatable bonds is 4. The lowest BCUT2D eigenvalue weighted by Crippen LogP contribution is -2.20. The summed E-state index contributed by atoms with van der Waals surface area (Å²) in [4.78, 5) is 0. The lowest BCUT2D eigenvalue weighted by Gasteiger charge is -2.15. The van der Waals surface area contributed by atoms with E-state index in [0.717, 1.165) is 23.3 Å². The van der Waals surface area contributed by atoms with Gasteiger partial charge < -0.3 is 16.2 Å². The van der Waals surface area contributed by atoms with Crippen molar-refractivity contribution in [3.05, 3.63) is 28.3 Å². The molecule has 0 bridgehead atoms. The molecule has 0 saturated heterocycles. The van der Waals surface area contributed by atoms with Crippen LogP contribution < -0.4 is 16.2 Å². The molecule has 4 N–H and O–H groups in total. The van der Waals surface area contributed by atoms with Crippen molar-refractivity contribution < 1.29 is 4.74 Å². The number of hydrogen-bond acceptors (Lipinski definition) is 3. The maximum Gasteiger partial charge on any atom is 0.140 e. The molecular weight excluding hydrogens is 212 g/mol. The fraction of sp³-hybridized carbons (Fsp3) is 0.455. The van der Waals surface area contributed by atoms with Crippen LogP contribution in [0.15, 0.2) is 12.1 Å². The van der Waals surface area contributed by atoms with E-state index in [4.69, 9.17) is 27.8 Å². The summed E-state index contributed by atoms with van der Waals surface area (Å²) in [5, 5.41) is 0.593. The van der Waals surface area contributed by atoms with E-state index in [-0.39, 0.29) is 6.04 Å². The molecule has 0 heterocycles. The Labute approximate surface area is 95.4 Å². The summed E-state index contributed by atoms with van der Waals surface area (Å²) < 4.78 is 5.23. The van der Waals surface area contributed by atoms with Crippen molar-refractivity contribution in [1.82, 2.24) is 0 Å². The molecule has 0 aliphatic rings. The molecule has 84 valence electrons. The average Bonchev–Trinajstić information content (AvgIpc) is 2.26. The molecule has 3 nitrogen and oxygen atoms in total. The van der Waals surface area contributed by atoms with Crippen LogP contribution in [-0.4, -0.2) is 13.7 Å². The minimum Gasteiger partial charge on any atom is -0.495 e. The van der Waals surface area contributed by atoms with Gasteiger partial charge in [0.05, 0.1) is 12.1 Å². The highest BCUT2D eigenvalue weighted by Crippen LogP contribution is 2.31. The van der Waals surface area contributed by atoms with E-state index in [9.17, 15) is 0 Å². The molecular formula is C11H17ClN2O. The molecule has 1 aromatic rings. The molecule has 0 aliphatic carbocycles. The van der Waals surface area contributed by atoms with Crippen LogP contribution >= 0.6 is 11.6 Å². The number of nitrogens with two attached hydrogens (primary N) is 2. The van der Waals surface area contributed by atoms with Gasteiger partial charge >= 0.3 is 0 Å². The van der Waals surface area contributed by atoms with Gasteiger partial charge in [-0.25, -0.2) is 0 Å². The van der Waals surface area contributed by atoms with E-state index in [0.29, 0.717) is 11.6 Å². The molecule has 1 aromatic carbocycles.